The molecule has 1 aromatic rings. The Kier molecular flexibility index (Phi) is 4.11. The fraction of sp³-hybridized carbons (Fsp3) is 0.308. The monoisotopic (exact) mass is 217 g/mol. The molecular formula is C13H19N3. The van der Waals surface area contributed by atoms with Gasteiger partial charge in [0.1, 0.15) is 0 Å². The number of nitrogens with two attached hydrogens (primary N) is 1. The number of anilines is 1. The van der Waals surface area contributed by atoms with E-state index in [2.05, 4.69) is 19.2 Å². The third kappa shape index (κ3) is 2.63. The standard InChI is InChI=1S/C13H19N3/c1-9(2)12-5-4-10(6-13(12)15)11(7-14)8-16-3/h4-9,14,16H,15H2,1-3H3/b11-8+,14-7?. The Morgan fingerprint density at radius 3 is 2.56 bits per heavy atom. The van der Waals surface area contributed by atoms with Crippen LogP contribution in [0.3, 0.4) is 0 Å². The van der Waals surface area contributed by atoms with Gasteiger partial charge in [0.25, 0.3) is 0 Å². The summed E-state index contributed by atoms with van der Waals surface area (Å²) in [5.41, 5.74) is 9.71. The van der Waals surface area contributed by atoms with Gasteiger partial charge in [0.15, 0.2) is 0 Å². The Labute approximate surface area is 96.9 Å². The summed E-state index contributed by atoms with van der Waals surface area (Å²) < 4.78 is 0. The Bertz CT molecular complexity index is 406. The van der Waals surface area contributed by atoms with Crippen molar-refractivity contribution in [3.8, 4) is 0 Å². The zero-order valence-electron chi connectivity index (χ0n) is 10.0. The van der Waals surface area contributed by atoms with E-state index in [0.717, 1.165) is 22.4 Å². The Morgan fingerprint density at radius 2 is 2.12 bits per heavy atom. The van der Waals surface area contributed by atoms with Crippen molar-refractivity contribution in [1.82, 2.24) is 5.32 Å². The van der Waals surface area contributed by atoms with Crippen LogP contribution >= 0.6 is 0 Å². The van der Waals surface area contributed by atoms with Crippen LogP contribution in [-0.2, 0) is 0 Å². The van der Waals surface area contributed by atoms with Gasteiger partial charge in [-0.05, 0) is 23.1 Å². The predicted octanol–water partition coefficient (Wildman–Crippen LogP) is 2.60. The highest BCUT2D eigenvalue weighted by atomic mass is 14.8. The quantitative estimate of drug-likeness (QED) is 0.536. The number of nitrogen functional groups attached to an aromatic ring is 1. The van der Waals surface area contributed by atoms with Crippen LogP contribution in [0.25, 0.3) is 5.57 Å². The molecule has 0 saturated carbocycles. The number of hydrogen-bond donors (Lipinski definition) is 3. The average Bonchev–Trinajstić information content (AvgIpc) is 2.25. The van der Waals surface area contributed by atoms with Crippen molar-refractivity contribution in [3.05, 3.63) is 35.5 Å². The van der Waals surface area contributed by atoms with Crippen LogP contribution in [0.4, 0.5) is 5.69 Å². The molecule has 0 aromatic heterocycles. The molecule has 86 valence electrons. The molecule has 0 saturated heterocycles. The average molecular weight is 217 g/mol. The third-order valence-corrected chi connectivity index (χ3v) is 2.50. The Morgan fingerprint density at radius 1 is 1.44 bits per heavy atom. The molecule has 0 radical (unpaired) electrons. The summed E-state index contributed by atoms with van der Waals surface area (Å²) in [7, 11) is 1.81. The largest absolute Gasteiger partial charge is 0.398 e. The summed E-state index contributed by atoms with van der Waals surface area (Å²) >= 11 is 0. The zero-order valence-corrected chi connectivity index (χ0v) is 10.0. The highest BCUT2D eigenvalue weighted by Gasteiger charge is 2.06. The second-order valence-electron chi connectivity index (χ2n) is 4.03. The smallest absolute Gasteiger partial charge is 0.0355 e. The van der Waals surface area contributed by atoms with Crippen LogP contribution in [0.1, 0.15) is 30.9 Å². The van der Waals surface area contributed by atoms with Gasteiger partial charge in [0.05, 0.1) is 0 Å². The van der Waals surface area contributed by atoms with E-state index < -0.39 is 0 Å². The Balaban J connectivity index is 3.14. The summed E-state index contributed by atoms with van der Waals surface area (Å²) in [5.74, 6) is 0.422. The maximum Gasteiger partial charge on any atom is 0.0355 e. The second-order valence-corrected chi connectivity index (χ2v) is 4.03. The minimum absolute atomic E-state index is 0.422. The van der Waals surface area contributed by atoms with E-state index in [4.69, 9.17) is 11.1 Å². The maximum atomic E-state index is 7.34. The molecule has 0 bridgehead atoms. The van der Waals surface area contributed by atoms with Gasteiger partial charge in [0.2, 0.25) is 0 Å². The van der Waals surface area contributed by atoms with E-state index in [1.54, 1.807) is 6.20 Å². The first-order valence-electron chi connectivity index (χ1n) is 5.37. The fourth-order valence-corrected chi connectivity index (χ4v) is 1.64. The predicted molar refractivity (Wildman–Crippen MR) is 70.8 cm³/mol. The van der Waals surface area contributed by atoms with Gasteiger partial charge in [-0.3, -0.25) is 0 Å². The lowest BCUT2D eigenvalue weighted by Gasteiger charge is -2.11. The van der Waals surface area contributed by atoms with Gasteiger partial charge in [0, 0.05) is 30.7 Å². The molecule has 0 aliphatic heterocycles. The van der Waals surface area contributed by atoms with Crippen molar-refractivity contribution in [3.63, 3.8) is 0 Å². The maximum absolute atomic E-state index is 7.34. The van der Waals surface area contributed by atoms with Gasteiger partial charge in [-0.15, -0.1) is 0 Å². The van der Waals surface area contributed by atoms with Crippen LogP contribution in [0, 0.1) is 5.41 Å². The van der Waals surface area contributed by atoms with E-state index in [9.17, 15) is 0 Å². The minimum atomic E-state index is 0.422. The molecule has 0 fully saturated rings. The molecule has 0 unspecified atom stereocenters. The summed E-state index contributed by atoms with van der Waals surface area (Å²) in [6.45, 7) is 4.23. The van der Waals surface area contributed by atoms with Crippen molar-refractivity contribution in [2.24, 2.45) is 0 Å². The van der Waals surface area contributed by atoms with Crippen LogP contribution in [-0.4, -0.2) is 13.3 Å². The van der Waals surface area contributed by atoms with Crippen LogP contribution in [0.5, 0.6) is 0 Å². The van der Waals surface area contributed by atoms with Crippen molar-refractivity contribution < 1.29 is 0 Å². The van der Waals surface area contributed by atoms with Crippen molar-refractivity contribution in [2.45, 2.75) is 19.8 Å². The molecule has 4 N–H and O–H groups in total. The molecule has 1 aromatic carbocycles. The van der Waals surface area contributed by atoms with Crippen molar-refractivity contribution in [2.75, 3.05) is 12.8 Å². The molecule has 0 atom stereocenters. The highest BCUT2D eigenvalue weighted by molar-refractivity contribution is 6.08. The first-order valence-corrected chi connectivity index (χ1v) is 5.37. The van der Waals surface area contributed by atoms with Gasteiger partial charge in [-0.1, -0.05) is 26.0 Å². The molecule has 3 heteroatoms. The minimum Gasteiger partial charge on any atom is -0.398 e. The molecule has 1 rings (SSSR count). The van der Waals surface area contributed by atoms with Gasteiger partial charge in [-0.25, -0.2) is 0 Å². The van der Waals surface area contributed by atoms with Gasteiger partial charge in [-0.2, -0.15) is 0 Å². The molecule has 0 amide bonds. The van der Waals surface area contributed by atoms with Crippen LogP contribution in [0.15, 0.2) is 24.4 Å². The van der Waals surface area contributed by atoms with E-state index in [0.29, 0.717) is 5.92 Å². The molecule has 3 nitrogen and oxygen atoms in total. The topological polar surface area (TPSA) is 61.9 Å². The van der Waals surface area contributed by atoms with Gasteiger partial charge < -0.3 is 16.5 Å². The van der Waals surface area contributed by atoms with E-state index in [-0.39, 0.29) is 0 Å². The van der Waals surface area contributed by atoms with Crippen molar-refractivity contribution in [1.29, 1.82) is 5.41 Å². The van der Waals surface area contributed by atoms with E-state index in [1.807, 2.05) is 25.2 Å². The molecule has 0 spiro atoms. The molecule has 0 aliphatic rings. The van der Waals surface area contributed by atoms with Crippen molar-refractivity contribution >= 4 is 17.5 Å². The first kappa shape index (κ1) is 12.3. The second kappa shape index (κ2) is 5.35. The van der Waals surface area contributed by atoms with E-state index in [1.165, 1.54) is 6.21 Å². The fourth-order valence-electron chi connectivity index (χ4n) is 1.64. The molecule has 16 heavy (non-hydrogen) atoms. The normalized spacial score (nSPS) is 11.6. The molecule has 0 heterocycles. The van der Waals surface area contributed by atoms with Crippen LogP contribution in [0.2, 0.25) is 0 Å². The number of allylic oxidation sites excluding steroid dienone is 1. The molecule has 0 aliphatic carbocycles. The summed E-state index contributed by atoms with van der Waals surface area (Å²) in [6.07, 6.45) is 3.11. The number of hydrogen-bond acceptors (Lipinski definition) is 3. The molecular weight excluding hydrogens is 198 g/mol. The Hall–Kier alpha value is -1.77. The summed E-state index contributed by atoms with van der Waals surface area (Å²) in [5, 5.41) is 10.3. The zero-order chi connectivity index (χ0) is 12.1. The first-order chi connectivity index (χ1) is 7.60. The lowest BCUT2D eigenvalue weighted by Crippen LogP contribution is -2.00. The lowest BCUT2D eigenvalue weighted by molar-refractivity contribution is 0.870. The highest BCUT2D eigenvalue weighted by Crippen LogP contribution is 2.25. The number of benzene rings is 1. The number of nitrogens with one attached hydrogen (secondary N) is 2. The van der Waals surface area contributed by atoms with Crippen LogP contribution < -0.4 is 11.1 Å². The van der Waals surface area contributed by atoms with E-state index >= 15 is 0 Å². The SMILES string of the molecule is CN/C=C(\C=N)c1ccc(C(C)C)c(N)c1. The summed E-state index contributed by atoms with van der Waals surface area (Å²) in [4.78, 5) is 0. The third-order valence-electron chi connectivity index (χ3n) is 2.50. The summed E-state index contributed by atoms with van der Waals surface area (Å²) in [6, 6.07) is 5.95. The number of rotatable bonds is 4. The lowest BCUT2D eigenvalue weighted by atomic mass is 9.97. The van der Waals surface area contributed by atoms with Gasteiger partial charge >= 0.3 is 0 Å².